The van der Waals surface area contributed by atoms with Crippen LogP contribution >= 0.6 is 0 Å². The van der Waals surface area contributed by atoms with Gasteiger partial charge in [0.15, 0.2) is 5.82 Å². The molecule has 1 aromatic carbocycles. The molecule has 2 heterocycles. The minimum atomic E-state index is -0.237. The number of fused-ring (bicyclic) bond motifs is 1. The van der Waals surface area contributed by atoms with Crippen LogP contribution in [0.15, 0.2) is 42.7 Å². The highest BCUT2D eigenvalue weighted by Gasteiger charge is 2.14. The van der Waals surface area contributed by atoms with Gasteiger partial charge in [0.25, 0.3) is 5.91 Å². The van der Waals surface area contributed by atoms with Crippen molar-refractivity contribution in [2.24, 2.45) is 7.05 Å². The fourth-order valence-corrected chi connectivity index (χ4v) is 2.08. The highest BCUT2D eigenvalue weighted by Crippen LogP contribution is 2.20. The number of nitrogens with one attached hydrogen (secondary N) is 1. The molecule has 0 atom stereocenters. The Balaban J connectivity index is 2.01. The number of nitrogens with two attached hydrogens (primary N) is 1. The molecule has 100 valence electrons. The third-order valence-electron chi connectivity index (χ3n) is 3.09. The molecule has 0 unspecified atom stereocenters. The lowest BCUT2D eigenvalue weighted by Gasteiger charge is -2.08. The summed E-state index contributed by atoms with van der Waals surface area (Å²) in [7, 11) is 1.72. The van der Waals surface area contributed by atoms with Crippen LogP contribution in [0.4, 0.5) is 11.5 Å². The number of aryl methyl sites for hydroxylation is 1. The Morgan fingerprint density at radius 3 is 2.85 bits per heavy atom. The first kappa shape index (κ1) is 12.2. The van der Waals surface area contributed by atoms with E-state index in [-0.39, 0.29) is 5.91 Å². The van der Waals surface area contributed by atoms with Crippen molar-refractivity contribution in [1.82, 2.24) is 14.8 Å². The molecule has 1 amide bonds. The molecule has 3 N–H and O–H groups in total. The van der Waals surface area contributed by atoms with E-state index in [1.807, 2.05) is 24.3 Å². The van der Waals surface area contributed by atoms with Gasteiger partial charge in [-0.1, -0.05) is 18.2 Å². The van der Waals surface area contributed by atoms with Gasteiger partial charge in [0.2, 0.25) is 0 Å². The van der Waals surface area contributed by atoms with Gasteiger partial charge in [-0.2, -0.15) is 5.10 Å². The van der Waals surface area contributed by atoms with Gasteiger partial charge in [-0.3, -0.25) is 14.5 Å². The third-order valence-corrected chi connectivity index (χ3v) is 3.09. The van der Waals surface area contributed by atoms with Crippen LogP contribution in [-0.2, 0) is 7.05 Å². The number of benzene rings is 1. The van der Waals surface area contributed by atoms with Crippen molar-refractivity contribution >= 4 is 28.3 Å². The molecule has 0 spiro atoms. The number of anilines is 2. The van der Waals surface area contributed by atoms with Crippen LogP contribution in [0.2, 0.25) is 0 Å². The molecular formula is C14H13N5O. The molecule has 3 aromatic rings. The molecule has 0 saturated heterocycles. The maximum absolute atomic E-state index is 12.4. The highest BCUT2D eigenvalue weighted by atomic mass is 16.1. The lowest BCUT2D eigenvalue weighted by molar-refractivity contribution is 0.102. The lowest BCUT2D eigenvalue weighted by atomic mass is 10.1. The van der Waals surface area contributed by atoms with Gasteiger partial charge in [-0.05, 0) is 12.1 Å². The largest absolute Gasteiger partial charge is 0.394 e. The van der Waals surface area contributed by atoms with E-state index < -0.39 is 0 Å². The third kappa shape index (κ3) is 1.97. The Kier molecular flexibility index (Phi) is 2.83. The van der Waals surface area contributed by atoms with Crippen molar-refractivity contribution in [3.63, 3.8) is 0 Å². The summed E-state index contributed by atoms with van der Waals surface area (Å²) in [6.07, 6.45) is 3.12. The molecule has 0 aliphatic carbocycles. The number of nitrogens with zero attached hydrogens (tertiary/aromatic N) is 3. The molecule has 0 bridgehead atoms. The molecule has 3 rings (SSSR count). The Hall–Kier alpha value is -2.89. The predicted molar refractivity (Wildman–Crippen MR) is 77.3 cm³/mol. The number of aromatic nitrogens is 3. The summed E-state index contributed by atoms with van der Waals surface area (Å²) in [6.45, 7) is 0. The van der Waals surface area contributed by atoms with Crippen LogP contribution in [-0.4, -0.2) is 20.7 Å². The SMILES string of the molecule is Cn1ncc(N)c1NC(=O)c1ccnc2ccccc12. The molecule has 0 aliphatic rings. The Morgan fingerprint density at radius 1 is 1.30 bits per heavy atom. The van der Waals surface area contributed by atoms with Gasteiger partial charge in [0.05, 0.1) is 23.0 Å². The van der Waals surface area contributed by atoms with Crippen LogP contribution in [0.5, 0.6) is 0 Å². The van der Waals surface area contributed by atoms with Gasteiger partial charge < -0.3 is 11.1 Å². The molecule has 0 fully saturated rings. The molecule has 20 heavy (non-hydrogen) atoms. The Labute approximate surface area is 115 Å². The second-order valence-electron chi connectivity index (χ2n) is 4.40. The Bertz CT molecular complexity index is 768. The lowest BCUT2D eigenvalue weighted by Crippen LogP contribution is -2.16. The number of carbonyl (C=O) groups is 1. The first-order valence-corrected chi connectivity index (χ1v) is 6.09. The van der Waals surface area contributed by atoms with Gasteiger partial charge in [-0.25, -0.2) is 0 Å². The topological polar surface area (TPSA) is 85.8 Å². The maximum atomic E-state index is 12.4. The zero-order valence-corrected chi connectivity index (χ0v) is 10.9. The van der Waals surface area contributed by atoms with E-state index >= 15 is 0 Å². The van der Waals surface area contributed by atoms with Crippen molar-refractivity contribution in [1.29, 1.82) is 0 Å². The fraction of sp³-hybridized carbons (Fsp3) is 0.0714. The smallest absolute Gasteiger partial charge is 0.257 e. The summed E-state index contributed by atoms with van der Waals surface area (Å²) in [5, 5.41) is 7.56. The van der Waals surface area contributed by atoms with E-state index in [1.54, 1.807) is 19.3 Å². The molecule has 6 nitrogen and oxygen atoms in total. The van der Waals surface area contributed by atoms with Crippen molar-refractivity contribution in [2.75, 3.05) is 11.1 Å². The van der Waals surface area contributed by atoms with E-state index in [1.165, 1.54) is 10.9 Å². The molecule has 2 aromatic heterocycles. The summed E-state index contributed by atoms with van der Waals surface area (Å²) >= 11 is 0. The number of hydrogen-bond donors (Lipinski definition) is 2. The first-order valence-electron chi connectivity index (χ1n) is 6.09. The van der Waals surface area contributed by atoms with Crippen molar-refractivity contribution < 1.29 is 4.79 Å². The number of hydrogen-bond acceptors (Lipinski definition) is 4. The minimum Gasteiger partial charge on any atom is -0.394 e. The first-order chi connectivity index (χ1) is 9.66. The summed E-state index contributed by atoms with van der Waals surface area (Å²) in [4.78, 5) is 16.6. The molecule has 0 radical (unpaired) electrons. The molecular weight excluding hydrogens is 254 g/mol. The zero-order chi connectivity index (χ0) is 14.1. The fourth-order valence-electron chi connectivity index (χ4n) is 2.08. The second kappa shape index (κ2) is 4.65. The van der Waals surface area contributed by atoms with Crippen LogP contribution in [0, 0.1) is 0 Å². The number of pyridine rings is 1. The minimum absolute atomic E-state index is 0.237. The number of amides is 1. The average Bonchev–Trinajstić information content (AvgIpc) is 2.78. The van der Waals surface area contributed by atoms with Crippen molar-refractivity contribution in [2.45, 2.75) is 0 Å². The zero-order valence-electron chi connectivity index (χ0n) is 10.9. The predicted octanol–water partition coefficient (Wildman–Crippen LogP) is 1.80. The summed E-state index contributed by atoms with van der Waals surface area (Å²) in [5.74, 6) is 0.245. The van der Waals surface area contributed by atoms with E-state index in [0.29, 0.717) is 17.1 Å². The van der Waals surface area contributed by atoms with Crippen molar-refractivity contribution in [3.05, 3.63) is 48.3 Å². The maximum Gasteiger partial charge on any atom is 0.257 e. The number of carbonyl (C=O) groups excluding carboxylic acids is 1. The van der Waals surface area contributed by atoms with Crippen LogP contribution in [0.1, 0.15) is 10.4 Å². The quantitative estimate of drug-likeness (QED) is 0.741. The van der Waals surface area contributed by atoms with Gasteiger partial charge >= 0.3 is 0 Å². The number of para-hydroxylation sites is 1. The summed E-state index contributed by atoms with van der Waals surface area (Å²) in [5.41, 5.74) is 7.53. The van der Waals surface area contributed by atoms with E-state index in [4.69, 9.17) is 5.73 Å². The molecule has 0 saturated carbocycles. The van der Waals surface area contributed by atoms with E-state index in [0.717, 1.165) is 10.9 Å². The van der Waals surface area contributed by atoms with Gasteiger partial charge in [-0.15, -0.1) is 0 Å². The highest BCUT2D eigenvalue weighted by molar-refractivity contribution is 6.12. The van der Waals surface area contributed by atoms with E-state index in [9.17, 15) is 4.79 Å². The average molecular weight is 267 g/mol. The van der Waals surface area contributed by atoms with E-state index in [2.05, 4.69) is 15.4 Å². The van der Waals surface area contributed by atoms with Gasteiger partial charge in [0.1, 0.15) is 0 Å². The van der Waals surface area contributed by atoms with Crippen LogP contribution in [0.3, 0.4) is 0 Å². The standard InChI is InChI=1S/C14H13N5O/c1-19-13(11(15)8-17-19)18-14(20)10-6-7-16-12-5-3-2-4-9(10)12/h2-8H,15H2,1H3,(H,18,20). The summed E-state index contributed by atoms with van der Waals surface area (Å²) < 4.78 is 1.52. The van der Waals surface area contributed by atoms with Gasteiger partial charge in [0, 0.05) is 18.6 Å². The molecule has 0 aliphatic heterocycles. The normalized spacial score (nSPS) is 10.7. The number of rotatable bonds is 2. The van der Waals surface area contributed by atoms with Crippen molar-refractivity contribution in [3.8, 4) is 0 Å². The Morgan fingerprint density at radius 2 is 2.10 bits per heavy atom. The second-order valence-corrected chi connectivity index (χ2v) is 4.40. The summed E-state index contributed by atoms with van der Waals surface area (Å²) in [6, 6.07) is 9.17. The molecule has 6 heteroatoms. The monoisotopic (exact) mass is 267 g/mol. The van der Waals surface area contributed by atoms with Crippen LogP contribution in [0.25, 0.3) is 10.9 Å². The van der Waals surface area contributed by atoms with Crippen LogP contribution < -0.4 is 11.1 Å². The number of nitrogen functional groups attached to an aromatic ring is 1.